The summed E-state index contributed by atoms with van der Waals surface area (Å²) in [5.74, 6) is 0.0918. The fourth-order valence-corrected chi connectivity index (χ4v) is 4.61. The van der Waals surface area contributed by atoms with Gasteiger partial charge in [0, 0.05) is 49.4 Å². The number of aromatic nitrogens is 4. The Labute approximate surface area is 218 Å². The van der Waals surface area contributed by atoms with E-state index in [1.807, 2.05) is 9.47 Å². The van der Waals surface area contributed by atoms with Crippen LogP contribution in [0.3, 0.4) is 0 Å². The minimum absolute atomic E-state index is 0.0295. The van der Waals surface area contributed by atoms with Crippen LogP contribution in [-0.4, -0.2) is 44.7 Å². The standard InChI is InChI=1S/C26H30F4N8/c1-25(2,3)35-8-11-38-14-21(17-4-5-20(27)19(12-17)26(28,29)30)36-23(38)16-6-9-37(10-7-16)24-18(13-31)22(32)33-15-34-24/h4-5,12,14-16,35H,6-11H2,1-3H3,(H2,32,33,34). The molecule has 38 heavy (non-hydrogen) atoms. The van der Waals surface area contributed by atoms with Gasteiger partial charge in [0.2, 0.25) is 0 Å². The van der Waals surface area contributed by atoms with Gasteiger partial charge in [0.25, 0.3) is 0 Å². The topological polar surface area (TPSA) is 109 Å². The highest BCUT2D eigenvalue weighted by atomic mass is 19.4. The molecule has 202 valence electrons. The summed E-state index contributed by atoms with van der Waals surface area (Å²) in [6, 6.07) is 5.03. The molecule has 2 aromatic heterocycles. The third-order valence-corrected chi connectivity index (χ3v) is 6.51. The van der Waals surface area contributed by atoms with Crippen LogP contribution in [0.1, 0.15) is 56.5 Å². The van der Waals surface area contributed by atoms with Crippen LogP contribution in [0.2, 0.25) is 0 Å². The maximum Gasteiger partial charge on any atom is 0.419 e. The molecule has 12 heteroatoms. The Morgan fingerprint density at radius 3 is 2.50 bits per heavy atom. The van der Waals surface area contributed by atoms with Gasteiger partial charge in [-0.05, 0) is 51.8 Å². The van der Waals surface area contributed by atoms with Crippen molar-refractivity contribution in [2.45, 2.75) is 57.8 Å². The van der Waals surface area contributed by atoms with Crippen LogP contribution in [0.4, 0.5) is 29.2 Å². The Balaban J connectivity index is 1.61. The van der Waals surface area contributed by atoms with Gasteiger partial charge in [0.1, 0.15) is 35.4 Å². The molecule has 3 aromatic rings. The third-order valence-electron chi connectivity index (χ3n) is 6.51. The molecule has 1 aromatic carbocycles. The van der Waals surface area contributed by atoms with Gasteiger partial charge < -0.3 is 20.5 Å². The average molecular weight is 531 g/mol. The van der Waals surface area contributed by atoms with Crippen molar-refractivity contribution in [3.63, 3.8) is 0 Å². The number of imidazole rings is 1. The minimum atomic E-state index is -4.80. The van der Waals surface area contributed by atoms with Crippen LogP contribution >= 0.6 is 0 Å². The van der Waals surface area contributed by atoms with Crippen molar-refractivity contribution < 1.29 is 17.6 Å². The number of nitrogens with zero attached hydrogens (tertiary/aromatic N) is 6. The quantitative estimate of drug-likeness (QED) is 0.444. The third kappa shape index (κ3) is 6.05. The first kappa shape index (κ1) is 27.3. The average Bonchev–Trinajstić information content (AvgIpc) is 3.27. The number of halogens is 4. The molecule has 1 fully saturated rings. The number of nitrogens with one attached hydrogen (secondary N) is 1. The van der Waals surface area contributed by atoms with Gasteiger partial charge in [-0.2, -0.15) is 18.4 Å². The van der Waals surface area contributed by atoms with E-state index in [0.717, 1.165) is 18.0 Å². The molecule has 0 bridgehead atoms. The number of hydrogen-bond donors (Lipinski definition) is 2. The summed E-state index contributed by atoms with van der Waals surface area (Å²) in [4.78, 5) is 14.9. The van der Waals surface area contributed by atoms with Crippen molar-refractivity contribution in [1.82, 2.24) is 24.8 Å². The molecule has 3 heterocycles. The maximum absolute atomic E-state index is 13.9. The molecule has 0 unspecified atom stereocenters. The number of alkyl halides is 3. The minimum Gasteiger partial charge on any atom is -0.382 e. The molecule has 1 saturated heterocycles. The molecular formula is C26H30F4N8. The van der Waals surface area contributed by atoms with Crippen LogP contribution in [-0.2, 0) is 12.7 Å². The van der Waals surface area contributed by atoms with E-state index >= 15 is 0 Å². The zero-order valence-electron chi connectivity index (χ0n) is 21.5. The largest absolute Gasteiger partial charge is 0.419 e. The zero-order valence-corrected chi connectivity index (χ0v) is 21.5. The van der Waals surface area contributed by atoms with Crippen molar-refractivity contribution in [3.8, 4) is 17.3 Å². The summed E-state index contributed by atoms with van der Waals surface area (Å²) in [7, 11) is 0. The van der Waals surface area contributed by atoms with Crippen molar-refractivity contribution in [2.24, 2.45) is 0 Å². The van der Waals surface area contributed by atoms with Gasteiger partial charge in [0.05, 0.1) is 11.3 Å². The van der Waals surface area contributed by atoms with Gasteiger partial charge in [-0.25, -0.2) is 19.3 Å². The first-order chi connectivity index (χ1) is 17.9. The van der Waals surface area contributed by atoms with Crippen LogP contribution < -0.4 is 16.0 Å². The normalized spacial score (nSPS) is 15.1. The maximum atomic E-state index is 13.9. The van der Waals surface area contributed by atoms with Gasteiger partial charge in [-0.1, -0.05) is 0 Å². The summed E-state index contributed by atoms with van der Waals surface area (Å²) in [6.45, 7) is 8.53. The number of nitriles is 1. The van der Waals surface area contributed by atoms with E-state index in [4.69, 9.17) is 10.7 Å². The number of nitrogens with two attached hydrogens (primary N) is 1. The van der Waals surface area contributed by atoms with Crippen molar-refractivity contribution in [1.29, 1.82) is 5.26 Å². The molecule has 0 atom stereocenters. The monoisotopic (exact) mass is 530 g/mol. The highest BCUT2D eigenvalue weighted by Gasteiger charge is 2.35. The van der Waals surface area contributed by atoms with E-state index in [2.05, 4.69) is 42.1 Å². The number of benzene rings is 1. The molecule has 1 aliphatic heterocycles. The van der Waals surface area contributed by atoms with E-state index in [-0.39, 0.29) is 28.4 Å². The van der Waals surface area contributed by atoms with E-state index in [9.17, 15) is 22.8 Å². The van der Waals surface area contributed by atoms with Crippen LogP contribution in [0.15, 0.2) is 30.7 Å². The molecule has 3 N–H and O–H groups in total. The fourth-order valence-electron chi connectivity index (χ4n) is 4.61. The molecule has 0 spiro atoms. The lowest BCUT2D eigenvalue weighted by atomic mass is 9.95. The van der Waals surface area contributed by atoms with Crippen LogP contribution in [0.25, 0.3) is 11.3 Å². The summed E-state index contributed by atoms with van der Waals surface area (Å²) >= 11 is 0. The SMILES string of the molecule is CC(C)(C)NCCn1cc(-c2ccc(F)c(C(F)(F)F)c2)nc1C1CCN(c2ncnc(N)c2C#N)CC1. The van der Waals surface area contributed by atoms with Crippen LogP contribution in [0.5, 0.6) is 0 Å². The number of rotatable bonds is 6. The number of piperidine rings is 1. The fraction of sp³-hybridized carbons (Fsp3) is 0.462. The smallest absolute Gasteiger partial charge is 0.382 e. The lowest BCUT2D eigenvalue weighted by molar-refractivity contribution is -0.139. The summed E-state index contributed by atoms with van der Waals surface area (Å²) in [6.07, 6.45) is -0.360. The summed E-state index contributed by atoms with van der Waals surface area (Å²) in [5.41, 5.74) is 5.23. The highest BCUT2D eigenvalue weighted by molar-refractivity contribution is 5.63. The molecule has 1 aliphatic rings. The Morgan fingerprint density at radius 1 is 1.16 bits per heavy atom. The van der Waals surface area contributed by atoms with E-state index < -0.39 is 17.6 Å². The van der Waals surface area contributed by atoms with Gasteiger partial charge in [-0.15, -0.1) is 0 Å². The highest BCUT2D eigenvalue weighted by Crippen LogP contribution is 2.36. The molecule has 0 aliphatic carbocycles. The Kier molecular flexibility index (Phi) is 7.60. The second kappa shape index (κ2) is 10.6. The lowest BCUT2D eigenvalue weighted by Gasteiger charge is -2.33. The molecule has 0 saturated carbocycles. The first-order valence-corrected chi connectivity index (χ1v) is 12.3. The second-order valence-electron chi connectivity index (χ2n) is 10.4. The van der Waals surface area contributed by atoms with Crippen molar-refractivity contribution >= 4 is 11.6 Å². The Hall–Kier alpha value is -3.72. The predicted molar refractivity (Wildman–Crippen MR) is 136 cm³/mol. The van der Waals surface area contributed by atoms with Gasteiger partial charge in [-0.3, -0.25) is 0 Å². The number of hydrogen-bond acceptors (Lipinski definition) is 7. The molecule has 0 radical (unpaired) electrons. The predicted octanol–water partition coefficient (Wildman–Crippen LogP) is 4.72. The molecular weight excluding hydrogens is 500 g/mol. The molecule has 8 nitrogen and oxygen atoms in total. The summed E-state index contributed by atoms with van der Waals surface area (Å²) in [5, 5.41) is 12.9. The zero-order chi connectivity index (χ0) is 27.7. The Bertz CT molecular complexity index is 1330. The lowest BCUT2D eigenvalue weighted by Crippen LogP contribution is -2.38. The first-order valence-electron chi connectivity index (χ1n) is 12.3. The van der Waals surface area contributed by atoms with Gasteiger partial charge in [0.15, 0.2) is 5.82 Å². The molecule has 4 rings (SSSR count). The number of nitrogen functional groups attached to an aromatic ring is 1. The van der Waals surface area contributed by atoms with Crippen molar-refractivity contribution in [3.05, 3.63) is 53.5 Å². The summed E-state index contributed by atoms with van der Waals surface area (Å²) < 4.78 is 55.9. The number of anilines is 2. The van der Waals surface area contributed by atoms with Crippen molar-refractivity contribution in [2.75, 3.05) is 30.3 Å². The van der Waals surface area contributed by atoms with Gasteiger partial charge >= 0.3 is 6.18 Å². The second-order valence-corrected chi connectivity index (χ2v) is 10.4. The molecule has 0 amide bonds. The van der Waals surface area contributed by atoms with Crippen LogP contribution in [0, 0.1) is 17.1 Å². The van der Waals surface area contributed by atoms with E-state index in [1.54, 1.807) is 6.20 Å². The Morgan fingerprint density at radius 2 is 1.87 bits per heavy atom. The van der Waals surface area contributed by atoms with E-state index in [0.29, 0.717) is 50.5 Å². The van der Waals surface area contributed by atoms with E-state index in [1.165, 1.54) is 12.4 Å².